The van der Waals surface area contributed by atoms with Gasteiger partial charge in [-0.15, -0.1) is 0 Å². The van der Waals surface area contributed by atoms with Gasteiger partial charge in [0.25, 0.3) is 0 Å². The Bertz CT molecular complexity index is 950. The number of nitrogen functional groups attached to an aromatic ring is 1. The molecule has 3 aromatic rings. The van der Waals surface area contributed by atoms with Gasteiger partial charge in [-0.25, -0.2) is 15.0 Å². The molecule has 3 heterocycles. The minimum Gasteiger partial charge on any atom is -0.384 e. The summed E-state index contributed by atoms with van der Waals surface area (Å²) in [6.45, 7) is 4.01. The maximum atomic E-state index is 5.76. The predicted octanol–water partition coefficient (Wildman–Crippen LogP) is 3.24. The number of anilines is 2. The summed E-state index contributed by atoms with van der Waals surface area (Å²) in [7, 11) is 4.26. The van der Waals surface area contributed by atoms with Crippen molar-refractivity contribution in [3.63, 3.8) is 0 Å². The van der Waals surface area contributed by atoms with Crippen LogP contribution in [0.4, 0.5) is 11.8 Å². The molecule has 2 N–H and O–H groups in total. The fourth-order valence-corrected chi connectivity index (χ4v) is 3.58. The lowest BCUT2D eigenvalue weighted by Crippen LogP contribution is -2.32. The Balaban J connectivity index is 1.76. The van der Waals surface area contributed by atoms with Gasteiger partial charge in [-0.3, -0.25) is 0 Å². The van der Waals surface area contributed by atoms with E-state index in [1.165, 1.54) is 5.56 Å². The molecule has 0 radical (unpaired) electrons. The lowest BCUT2D eigenvalue weighted by Gasteiger charge is -2.21. The maximum absolute atomic E-state index is 5.76. The summed E-state index contributed by atoms with van der Waals surface area (Å²) < 4.78 is 0. The van der Waals surface area contributed by atoms with Crippen LogP contribution in [-0.2, 0) is 0 Å². The van der Waals surface area contributed by atoms with Crippen molar-refractivity contribution in [2.24, 2.45) is 0 Å². The molecule has 0 spiro atoms. The second-order valence-corrected chi connectivity index (χ2v) is 7.62. The monoisotopic (exact) mass is 374 g/mol. The van der Waals surface area contributed by atoms with Gasteiger partial charge >= 0.3 is 0 Å². The van der Waals surface area contributed by atoms with E-state index >= 15 is 0 Å². The highest BCUT2D eigenvalue weighted by molar-refractivity contribution is 5.81. The average molecular weight is 374 g/mol. The molecule has 1 atom stereocenters. The first-order chi connectivity index (χ1) is 13.5. The molecule has 1 aromatic carbocycles. The Morgan fingerprint density at radius 3 is 2.39 bits per heavy atom. The van der Waals surface area contributed by atoms with Gasteiger partial charge in [-0.2, -0.15) is 0 Å². The molecular formula is C22H26N6. The minimum atomic E-state index is 0.505. The Morgan fingerprint density at radius 1 is 1.00 bits per heavy atom. The number of rotatable bonds is 4. The second kappa shape index (κ2) is 7.56. The standard InChI is InChI=1S/C22H26N6/c1-15-4-6-16(7-5-15)21-19(17-8-9-20(23)24-12-17)13-25-22(26-21)28-11-10-18(14-28)27(2)3/h4-9,12-13,18H,10-11,14H2,1-3H3,(H2,23,24)/t18-/m1/s1. The fourth-order valence-electron chi connectivity index (χ4n) is 3.58. The molecule has 0 unspecified atom stereocenters. The highest BCUT2D eigenvalue weighted by Crippen LogP contribution is 2.32. The van der Waals surface area contributed by atoms with E-state index in [4.69, 9.17) is 15.7 Å². The largest absolute Gasteiger partial charge is 0.384 e. The third-order valence-electron chi connectivity index (χ3n) is 5.37. The van der Waals surface area contributed by atoms with Crippen molar-refractivity contribution < 1.29 is 0 Å². The average Bonchev–Trinajstić information content (AvgIpc) is 3.20. The Labute approximate surface area is 166 Å². The van der Waals surface area contributed by atoms with E-state index in [9.17, 15) is 0 Å². The van der Waals surface area contributed by atoms with Crippen LogP contribution in [0.25, 0.3) is 22.4 Å². The smallest absolute Gasteiger partial charge is 0.225 e. The van der Waals surface area contributed by atoms with Gasteiger partial charge in [-0.1, -0.05) is 29.8 Å². The van der Waals surface area contributed by atoms with Crippen LogP contribution in [0.3, 0.4) is 0 Å². The number of nitrogens with two attached hydrogens (primary N) is 1. The van der Waals surface area contributed by atoms with Gasteiger partial charge in [0.2, 0.25) is 5.95 Å². The summed E-state index contributed by atoms with van der Waals surface area (Å²) in [4.78, 5) is 18.5. The van der Waals surface area contributed by atoms with Gasteiger partial charge in [0.05, 0.1) is 5.69 Å². The highest BCUT2D eigenvalue weighted by Gasteiger charge is 2.26. The number of hydrogen-bond acceptors (Lipinski definition) is 6. The zero-order valence-corrected chi connectivity index (χ0v) is 16.6. The molecule has 144 valence electrons. The summed E-state index contributed by atoms with van der Waals surface area (Å²) in [5, 5.41) is 0. The molecule has 6 nitrogen and oxygen atoms in total. The summed E-state index contributed by atoms with van der Waals surface area (Å²) >= 11 is 0. The summed E-state index contributed by atoms with van der Waals surface area (Å²) in [5.74, 6) is 1.29. The van der Waals surface area contributed by atoms with Crippen molar-refractivity contribution in [1.82, 2.24) is 19.9 Å². The van der Waals surface area contributed by atoms with Gasteiger partial charge in [0.15, 0.2) is 0 Å². The third kappa shape index (κ3) is 3.68. The first-order valence-electron chi connectivity index (χ1n) is 9.58. The summed E-state index contributed by atoms with van der Waals surface area (Å²) in [6.07, 6.45) is 4.82. The summed E-state index contributed by atoms with van der Waals surface area (Å²) in [6, 6.07) is 12.8. The number of aromatic nitrogens is 3. The van der Waals surface area contributed by atoms with E-state index in [1.54, 1.807) is 6.20 Å². The van der Waals surface area contributed by atoms with Crippen LogP contribution in [-0.4, -0.2) is 53.1 Å². The number of benzene rings is 1. The van der Waals surface area contributed by atoms with E-state index in [0.717, 1.165) is 47.8 Å². The Kier molecular flexibility index (Phi) is 4.96. The molecule has 28 heavy (non-hydrogen) atoms. The molecule has 0 saturated carbocycles. The first kappa shape index (κ1) is 18.4. The molecule has 0 amide bonds. The Morgan fingerprint density at radius 2 is 1.75 bits per heavy atom. The van der Waals surface area contributed by atoms with E-state index in [2.05, 4.69) is 60.1 Å². The van der Waals surface area contributed by atoms with Crippen molar-refractivity contribution >= 4 is 11.8 Å². The molecule has 0 bridgehead atoms. The molecule has 0 aliphatic carbocycles. The van der Waals surface area contributed by atoms with Gasteiger partial charge in [0.1, 0.15) is 5.82 Å². The fraction of sp³-hybridized carbons (Fsp3) is 0.318. The van der Waals surface area contributed by atoms with E-state index in [0.29, 0.717) is 11.9 Å². The molecular weight excluding hydrogens is 348 g/mol. The maximum Gasteiger partial charge on any atom is 0.225 e. The van der Waals surface area contributed by atoms with Gasteiger partial charge < -0.3 is 15.5 Å². The van der Waals surface area contributed by atoms with Crippen molar-refractivity contribution in [2.75, 3.05) is 37.8 Å². The number of aryl methyl sites for hydroxylation is 1. The van der Waals surface area contributed by atoms with Crippen LogP contribution in [0.5, 0.6) is 0 Å². The quantitative estimate of drug-likeness (QED) is 0.756. The van der Waals surface area contributed by atoms with Crippen LogP contribution in [0, 0.1) is 6.92 Å². The molecule has 1 fully saturated rings. The van der Waals surface area contributed by atoms with Crippen LogP contribution >= 0.6 is 0 Å². The van der Waals surface area contributed by atoms with Gasteiger partial charge in [0, 0.05) is 48.2 Å². The van der Waals surface area contributed by atoms with Crippen LogP contribution in [0.2, 0.25) is 0 Å². The van der Waals surface area contributed by atoms with Crippen molar-refractivity contribution in [1.29, 1.82) is 0 Å². The van der Waals surface area contributed by atoms with E-state index in [-0.39, 0.29) is 0 Å². The van der Waals surface area contributed by atoms with Crippen LogP contribution < -0.4 is 10.6 Å². The van der Waals surface area contributed by atoms with Crippen molar-refractivity contribution in [3.8, 4) is 22.4 Å². The normalized spacial score (nSPS) is 16.7. The van der Waals surface area contributed by atoms with Crippen molar-refractivity contribution in [3.05, 3.63) is 54.4 Å². The first-order valence-corrected chi connectivity index (χ1v) is 9.58. The van der Waals surface area contributed by atoms with E-state index < -0.39 is 0 Å². The zero-order chi connectivity index (χ0) is 19.7. The highest BCUT2D eigenvalue weighted by atomic mass is 15.3. The zero-order valence-electron chi connectivity index (χ0n) is 16.6. The van der Waals surface area contributed by atoms with Crippen LogP contribution in [0.1, 0.15) is 12.0 Å². The molecule has 1 aliphatic heterocycles. The number of likely N-dealkylation sites (N-methyl/N-ethyl adjacent to an activating group) is 1. The molecule has 1 saturated heterocycles. The lowest BCUT2D eigenvalue weighted by atomic mass is 10.0. The van der Waals surface area contributed by atoms with Crippen molar-refractivity contribution in [2.45, 2.75) is 19.4 Å². The second-order valence-electron chi connectivity index (χ2n) is 7.62. The molecule has 6 heteroatoms. The summed E-state index contributed by atoms with van der Waals surface area (Å²) in [5.41, 5.74) is 10.9. The topological polar surface area (TPSA) is 71.2 Å². The van der Waals surface area contributed by atoms with E-state index in [1.807, 2.05) is 18.3 Å². The SMILES string of the molecule is Cc1ccc(-c2nc(N3CC[C@@H](N(C)C)C3)ncc2-c2ccc(N)nc2)cc1. The molecule has 4 rings (SSSR count). The number of nitrogens with zero attached hydrogens (tertiary/aromatic N) is 5. The lowest BCUT2D eigenvalue weighted by molar-refractivity contribution is 0.315. The van der Waals surface area contributed by atoms with Crippen LogP contribution in [0.15, 0.2) is 48.8 Å². The minimum absolute atomic E-state index is 0.505. The van der Waals surface area contributed by atoms with Gasteiger partial charge in [-0.05, 0) is 39.6 Å². The molecule has 1 aliphatic rings. The Hall–Kier alpha value is -2.99. The predicted molar refractivity (Wildman–Crippen MR) is 114 cm³/mol. The molecule has 2 aromatic heterocycles. The number of hydrogen-bond donors (Lipinski definition) is 1. The number of pyridine rings is 1. The third-order valence-corrected chi connectivity index (χ3v) is 5.37.